The number of nitrogens with one attached hydrogen (secondary N) is 3. The number of benzene rings is 8. The second kappa shape index (κ2) is 10.9. The fraction of sp³-hybridized carbons (Fsp3) is 0. The molecule has 0 aromatic heterocycles. The smallest absolute Gasteiger partial charge is 0.428 e. The van der Waals surface area contributed by atoms with Gasteiger partial charge in [-0.1, -0.05) is 133 Å². The van der Waals surface area contributed by atoms with Gasteiger partial charge in [0.15, 0.2) is 0 Å². The lowest BCUT2D eigenvalue weighted by Gasteiger charge is -2.31. The molecule has 0 unspecified atom stereocenters. The number of nitrogens with zero attached hydrogens (tertiary/aromatic N) is 1. The highest BCUT2D eigenvalue weighted by Crippen LogP contribution is 2.45. The lowest BCUT2D eigenvalue weighted by atomic mass is 9.64. The third-order valence-corrected chi connectivity index (χ3v) is 10.9. The Kier molecular flexibility index (Phi) is 6.05. The van der Waals surface area contributed by atoms with Crippen LogP contribution < -0.4 is 37.2 Å². The maximum Gasteiger partial charge on any atom is 0.428 e. The largest absolute Gasteiger partial charge is 0.506 e. The zero-order valence-corrected chi connectivity index (χ0v) is 27.8. The number of hydrogen-bond acceptors (Lipinski definition) is 6. The number of anilines is 3. The summed E-state index contributed by atoms with van der Waals surface area (Å²) in [6.07, 6.45) is 0. The third kappa shape index (κ3) is 4.09. The first-order valence-corrected chi connectivity index (χ1v) is 17.6. The van der Waals surface area contributed by atoms with Crippen LogP contribution in [-0.4, -0.2) is 24.9 Å². The molecule has 0 amide bonds. The Hall–Kier alpha value is -6.79. The summed E-state index contributed by atoms with van der Waals surface area (Å²) >= 11 is 0. The SMILES string of the molecule is O=C1C(c2ccc3cccc4c3c2NB(c2cccc3ccccc23)N4)=C(O)/C1=c1\ccc2cccc3c2c1=NB(c1cccc2ccccc12)N3. The molecule has 8 aromatic rings. The number of carbonyl (C=O) groups excluding carboxylic acids is 1. The van der Waals surface area contributed by atoms with Gasteiger partial charge >= 0.3 is 14.0 Å². The topological polar surface area (TPSA) is 85.8 Å². The molecule has 0 radical (unpaired) electrons. The number of Topliss-reactive ketones (excluding diaryl/α,β-unsaturated/α-hetero) is 1. The van der Waals surface area contributed by atoms with Crippen molar-refractivity contribution in [1.82, 2.24) is 0 Å². The Morgan fingerprint density at radius 1 is 0.519 bits per heavy atom. The van der Waals surface area contributed by atoms with Crippen molar-refractivity contribution in [2.24, 2.45) is 4.90 Å². The van der Waals surface area contributed by atoms with Crippen LogP contribution in [0, 0.1) is 0 Å². The van der Waals surface area contributed by atoms with E-state index < -0.39 is 0 Å². The van der Waals surface area contributed by atoms with Gasteiger partial charge < -0.3 is 25.7 Å². The van der Waals surface area contributed by atoms with Crippen molar-refractivity contribution in [2.45, 2.75) is 0 Å². The summed E-state index contributed by atoms with van der Waals surface area (Å²) in [5.41, 5.74) is 6.18. The average Bonchev–Trinajstić information content (AvgIpc) is 3.19. The van der Waals surface area contributed by atoms with Crippen LogP contribution in [0.15, 0.2) is 156 Å². The van der Waals surface area contributed by atoms with Gasteiger partial charge in [0.25, 0.3) is 0 Å². The number of hydrogen-bond donors (Lipinski definition) is 4. The Bertz CT molecular complexity index is 3060. The molecule has 0 spiro atoms. The zero-order chi connectivity index (χ0) is 34.5. The van der Waals surface area contributed by atoms with Gasteiger partial charge in [0.2, 0.25) is 5.78 Å². The molecule has 8 heteroatoms. The zero-order valence-electron chi connectivity index (χ0n) is 27.8. The van der Waals surface area contributed by atoms with Crippen molar-refractivity contribution >= 4 is 102 Å². The van der Waals surface area contributed by atoms with E-state index in [0.717, 1.165) is 71.1 Å². The van der Waals surface area contributed by atoms with Crippen LogP contribution in [0.2, 0.25) is 0 Å². The van der Waals surface area contributed by atoms with Gasteiger partial charge in [-0.25, -0.2) is 0 Å². The van der Waals surface area contributed by atoms with Crippen molar-refractivity contribution in [3.05, 3.63) is 167 Å². The van der Waals surface area contributed by atoms with Crippen molar-refractivity contribution in [3.8, 4) is 0 Å². The molecule has 0 atom stereocenters. The van der Waals surface area contributed by atoms with Crippen LogP contribution in [0.25, 0.3) is 54.2 Å². The summed E-state index contributed by atoms with van der Waals surface area (Å²) < 4.78 is 0. The monoisotopic (exact) mass is 666 g/mol. The molecular weight excluding hydrogens is 638 g/mol. The lowest BCUT2D eigenvalue weighted by Crippen LogP contribution is -2.48. The molecule has 11 rings (SSSR count). The highest BCUT2D eigenvalue weighted by molar-refractivity contribution is 6.82. The Balaban J connectivity index is 1.11. The quantitative estimate of drug-likeness (QED) is 0.158. The second-order valence-corrected chi connectivity index (χ2v) is 13.7. The first kappa shape index (κ1) is 29.0. The van der Waals surface area contributed by atoms with Gasteiger partial charge in [-0.15, -0.1) is 0 Å². The van der Waals surface area contributed by atoms with E-state index in [1.165, 1.54) is 0 Å². The summed E-state index contributed by atoms with van der Waals surface area (Å²) in [7, 11) is 0. The second-order valence-electron chi connectivity index (χ2n) is 13.7. The van der Waals surface area contributed by atoms with Crippen LogP contribution in [0.3, 0.4) is 0 Å². The molecule has 0 saturated carbocycles. The van der Waals surface area contributed by atoms with Gasteiger partial charge in [-0.3, -0.25) is 4.79 Å². The molecule has 242 valence electrons. The number of allylic oxidation sites excluding steroid dienone is 2. The van der Waals surface area contributed by atoms with E-state index in [0.29, 0.717) is 27.3 Å². The number of aliphatic hydroxyl groups excluding tert-OH is 1. The molecule has 2 heterocycles. The van der Waals surface area contributed by atoms with Crippen LogP contribution in [0.5, 0.6) is 0 Å². The van der Waals surface area contributed by atoms with Crippen LogP contribution in [-0.2, 0) is 4.79 Å². The predicted octanol–water partition coefficient (Wildman–Crippen LogP) is 6.68. The van der Waals surface area contributed by atoms with Crippen molar-refractivity contribution in [3.63, 3.8) is 0 Å². The molecular formula is C44H28B2N4O2. The van der Waals surface area contributed by atoms with Crippen molar-refractivity contribution < 1.29 is 9.90 Å². The molecule has 52 heavy (non-hydrogen) atoms. The van der Waals surface area contributed by atoms with Crippen LogP contribution in [0.1, 0.15) is 5.56 Å². The lowest BCUT2D eigenvalue weighted by molar-refractivity contribution is -0.109. The molecule has 3 aliphatic rings. The standard InChI is InChI=1S/C44H28B2N4O2/c51-43-39(31-23-21-27-13-7-19-35-37(27)41(31)49-45(47-35)33-17-5-11-25-9-1-3-15-29(25)33)44(52)40(43)32-24-22-28-14-8-20-36-38(28)42(32)50-46(48-36)34-18-6-12-26-10-2-4-16-30(26)34/h1-24,47-49,51H/b40-32-. The first-order valence-electron chi connectivity index (χ1n) is 17.6. The average molecular weight is 666 g/mol. The van der Waals surface area contributed by atoms with Crippen LogP contribution in [0.4, 0.5) is 17.1 Å². The Morgan fingerprint density at radius 3 is 1.87 bits per heavy atom. The Morgan fingerprint density at radius 2 is 1.12 bits per heavy atom. The van der Waals surface area contributed by atoms with Gasteiger partial charge in [-0.2, -0.15) is 0 Å². The van der Waals surface area contributed by atoms with Gasteiger partial charge in [0.05, 0.1) is 16.5 Å². The predicted molar refractivity (Wildman–Crippen MR) is 216 cm³/mol. The minimum atomic E-state index is -0.377. The van der Waals surface area contributed by atoms with E-state index in [1.807, 2.05) is 54.6 Å². The number of carbonyl (C=O) groups is 1. The minimum absolute atomic E-state index is 0.0105. The fourth-order valence-corrected chi connectivity index (χ4v) is 8.51. The molecule has 8 aromatic carbocycles. The summed E-state index contributed by atoms with van der Waals surface area (Å²) in [5.74, 6) is -0.209. The third-order valence-electron chi connectivity index (χ3n) is 10.9. The first-order chi connectivity index (χ1) is 25.6. The molecule has 4 N–H and O–H groups in total. The number of aliphatic hydroxyl groups is 1. The molecule has 0 bridgehead atoms. The van der Waals surface area contributed by atoms with E-state index in [4.69, 9.17) is 4.90 Å². The summed E-state index contributed by atoms with van der Waals surface area (Å²) in [6, 6.07) is 49.5. The Labute approximate surface area is 299 Å². The van der Waals surface area contributed by atoms with Crippen molar-refractivity contribution in [2.75, 3.05) is 15.7 Å². The summed E-state index contributed by atoms with van der Waals surface area (Å²) in [6.45, 7) is -0.634. The van der Waals surface area contributed by atoms with Crippen LogP contribution >= 0.6 is 0 Å². The van der Waals surface area contributed by atoms with Gasteiger partial charge in [-0.05, 0) is 55.4 Å². The van der Waals surface area contributed by atoms with Crippen molar-refractivity contribution in [1.29, 1.82) is 0 Å². The molecule has 2 aliphatic heterocycles. The summed E-state index contributed by atoms with van der Waals surface area (Å²) in [4.78, 5) is 19.8. The van der Waals surface area contributed by atoms with E-state index in [-0.39, 0.29) is 25.5 Å². The maximum atomic E-state index is 14.5. The van der Waals surface area contributed by atoms with E-state index in [2.05, 4.69) is 107 Å². The molecule has 6 nitrogen and oxygen atoms in total. The normalized spacial score (nSPS) is 15.7. The molecule has 0 saturated heterocycles. The summed E-state index contributed by atoms with van der Waals surface area (Å²) in [5, 5.41) is 32.9. The van der Waals surface area contributed by atoms with E-state index in [9.17, 15) is 9.90 Å². The maximum absolute atomic E-state index is 14.5. The molecule has 0 fully saturated rings. The van der Waals surface area contributed by atoms with Gasteiger partial charge in [0, 0.05) is 38.6 Å². The highest BCUT2D eigenvalue weighted by Gasteiger charge is 2.39. The van der Waals surface area contributed by atoms with Gasteiger partial charge in [0.1, 0.15) is 5.76 Å². The number of ketones is 1. The minimum Gasteiger partial charge on any atom is -0.506 e. The number of rotatable bonds is 3. The van der Waals surface area contributed by atoms with E-state index >= 15 is 0 Å². The van der Waals surface area contributed by atoms with E-state index in [1.54, 1.807) is 0 Å². The highest BCUT2D eigenvalue weighted by atomic mass is 16.3. The number of fused-ring (bicyclic) bond motifs is 2. The molecule has 1 aliphatic carbocycles. The fourth-order valence-electron chi connectivity index (χ4n) is 8.51.